The maximum atomic E-state index is 12.5. The summed E-state index contributed by atoms with van der Waals surface area (Å²) >= 11 is 0. The molecule has 0 heterocycles. The monoisotopic (exact) mass is 454 g/mol. The highest BCUT2D eigenvalue weighted by atomic mass is 32.2. The average molecular weight is 455 g/mol. The van der Waals surface area contributed by atoms with Gasteiger partial charge in [-0.2, -0.15) is 16.8 Å². The second-order valence-corrected chi connectivity index (χ2v) is 11.1. The van der Waals surface area contributed by atoms with Gasteiger partial charge in [0, 0.05) is 0 Å². The van der Waals surface area contributed by atoms with Crippen LogP contribution in [0.2, 0.25) is 0 Å². The zero-order valence-electron chi connectivity index (χ0n) is 17.8. The van der Waals surface area contributed by atoms with Gasteiger partial charge in [0.05, 0.1) is 23.0 Å². The van der Waals surface area contributed by atoms with Gasteiger partial charge in [0.25, 0.3) is 20.2 Å². The van der Waals surface area contributed by atoms with E-state index in [1.165, 1.54) is 24.3 Å². The Hall–Kier alpha value is -1.74. The van der Waals surface area contributed by atoms with E-state index in [4.69, 9.17) is 8.37 Å². The van der Waals surface area contributed by atoms with Gasteiger partial charge >= 0.3 is 0 Å². The van der Waals surface area contributed by atoms with Crippen LogP contribution >= 0.6 is 0 Å². The maximum absolute atomic E-state index is 12.5. The first-order valence-corrected chi connectivity index (χ1v) is 12.7. The second kappa shape index (κ2) is 10.5. The van der Waals surface area contributed by atoms with Crippen LogP contribution < -0.4 is 0 Å². The third-order valence-electron chi connectivity index (χ3n) is 5.16. The third-order valence-corrected chi connectivity index (χ3v) is 7.75. The van der Waals surface area contributed by atoms with Gasteiger partial charge in [0.1, 0.15) is 0 Å². The van der Waals surface area contributed by atoms with E-state index < -0.39 is 20.2 Å². The van der Waals surface area contributed by atoms with E-state index in [1.54, 1.807) is 36.4 Å². The smallest absolute Gasteiger partial charge is 0.266 e. The van der Waals surface area contributed by atoms with Crippen molar-refractivity contribution >= 4 is 20.2 Å². The molecule has 2 unspecified atom stereocenters. The lowest BCUT2D eigenvalue weighted by Gasteiger charge is -2.32. The third kappa shape index (κ3) is 6.63. The Kier molecular flexibility index (Phi) is 8.61. The van der Waals surface area contributed by atoms with E-state index in [-0.39, 0.29) is 46.7 Å². The Labute approximate surface area is 180 Å². The lowest BCUT2D eigenvalue weighted by atomic mass is 9.78. The van der Waals surface area contributed by atoms with E-state index in [1.807, 2.05) is 27.7 Å². The lowest BCUT2D eigenvalue weighted by Crippen LogP contribution is -2.33. The van der Waals surface area contributed by atoms with Gasteiger partial charge < -0.3 is 0 Å². The fourth-order valence-corrected chi connectivity index (χ4v) is 5.19. The van der Waals surface area contributed by atoms with E-state index in [2.05, 4.69) is 0 Å². The molecular weight excluding hydrogens is 424 g/mol. The molecule has 6 nitrogen and oxygen atoms in total. The number of rotatable bonds is 11. The van der Waals surface area contributed by atoms with E-state index in [9.17, 15) is 16.8 Å². The molecule has 2 rings (SSSR count). The number of hydrogen-bond donors (Lipinski definition) is 0. The van der Waals surface area contributed by atoms with E-state index in [0.717, 1.165) is 0 Å². The summed E-state index contributed by atoms with van der Waals surface area (Å²) in [6.07, 6.45) is 0. The Morgan fingerprint density at radius 1 is 0.600 bits per heavy atom. The van der Waals surface area contributed by atoms with Crippen LogP contribution in [-0.4, -0.2) is 30.0 Å². The van der Waals surface area contributed by atoms with Crippen molar-refractivity contribution in [2.75, 3.05) is 13.2 Å². The molecule has 30 heavy (non-hydrogen) atoms. The first kappa shape index (κ1) is 24.5. The molecule has 0 radical (unpaired) electrons. The quantitative estimate of drug-likeness (QED) is 0.469. The highest BCUT2D eigenvalue weighted by molar-refractivity contribution is 7.87. The van der Waals surface area contributed by atoms with Crippen molar-refractivity contribution in [2.45, 2.75) is 37.5 Å². The predicted molar refractivity (Wildman–Crippen MR) is 116 cm³/mol. The van der Waals surface area contributed by atoms with Crippen molar-refractivity contribution in [2.24, 2.45) is 23.7 Å². The maximum Gasteiger partial charge on any atom is 0.296 e. The summed E-state index contributed by atoms with van der Waals surface area (Å²) in [7, 11) is -7.79. The minimum absolute atomic E-state index is 0.0491. The molecule has 0 fully saturated rings. The first-order valence-electron chi connectivity index (χ1n) is 9.93. The van der Waals surface area contributed by atoms with Gasteiger partial charge in [-0.3, -0.25) is 8.37 Å². The molecular formula is C22H30O6S2. The summed E-state index contributed by atoms with van der Waals surface area (Å²) in [6.45, 7) is 7.75. The molecule has 2 aromatic carbocycles. The minimum atomic E-state index is -3.89. The number of hydrogen-bond acceptors (Lipinski definition) is 6. The zero-order chi connectivity index (χ0) is 22.4. The molecule has 0 saturated carbocycles. The van der Waals surface area contributed by atoms with Gasteiger partial charge in [-0.25, -0.2) is 0 Å². The second-order valence-electron chi connectivity index (χ2n) is 7.92. The summed E-state index contributed by atoms with van der Waals surface area (Å²) in [6, 6.07) is 15.9. The topological polar surface area (TPSA) is 86.7 Å². The molecule has 0 N–H and O–H groups in total. The Morgan fingerprint density at radius 2 is 0.900 bits per heavy atom. The summed E-state index contributed by atoms with van der Waals surface area (Å²) in [5.41, 5.74) is 0. The summed E-state index contributed by atoms with van der Waals surface area (Å²) < 4.78 is 60.7. The molecule has 0 aliphatic rings. The van der Waals surface area contributed by atoms with Gasteiger partial charge in [-0.05, 0) is 47.9 Å². The first-order chi connectivity index (χ1) is 14.0. The molecule has 0 aliphatic heterocycles. The molecule has 2 atom stereocenters. The van der Waals surface area contributed by atoms with Gasteiger partial charge in [0.15, 0.2) is 0 Å². The molecule has 166 valence electrons. The summed E-state index contributed by atoms with van der Waals surface area (Å²) in [5.74, 6) is -0.304. The van der Waals surface area contributed by atoms with Crippen molar-refractivity contribution in [1.29, 1.82) is 0 Å². The SMILES string of the molecule is CC(C)C(COS(=O)(=O)c1ccccc1)C(COS(=O)(=O)c1ccccc1)C(C)C. The van der Waals surface area contributed by atoms with Crippen LogP contribution in [0.25, 0.3) is 0 Å². The van der Waals surface area contributed by atoms with Crippen molar-refractivity contribution in [3.63, 3.8) is 0 Å². The Bertz CT molecular complexity index is 901. The highest BCUT2D eigenvalue weighted by Gasteiger charge is 2.31. The van der Waals surface area contributed by atoms with Gasteiger partial charge in [0.2, 0.25) is 0 Å². The van der Waals surface area contributed by atoms with Crippen molar-refractivity contribution < 1.29 is 25.2 Å². The normalized spacial score (nSPS) is 14.7. The van der Waals surface area contributed by atoms with Crippen LogP contribution in [0.4, 0.5) is 0 Å². The van der Waals surface area contributed by atoms with Crippen molar-refractivity contribution in [3.05, 3.63) is 60.7 Å². The van der Waals surface area contributed by atoms with Crippen molar-refractivity contribution in [3.8, 4) is 0 Å². The Morgan fingerprint density at radius 3 is 1.17 bits per heavy atom. The predicted octanol–water partition coefficient (Wildman–Crippen LogP) is 4.34. The highest BCUT2D eigenvalue weighted by Crippen LogP contribution is 2.30. The van der Waals surface area contributed by atoms with Crippen LogP contribution in [-0.2, 0) is 28.6 Å². The van der Waals surface area contributed by atoms with Crippen LogP contribution in [0, 0.1) is 23.7 Å². The molecule has 0 amide bonds. The van der Waals surface area contributed by atoms with Crippen LogP contribution in [0.5, 0.6) is 0 Å². The van der Waals surface area contributed by atoms with Crippen LogP contribution in [0.3, 0.4) is 0 Å². The fraction of sp³-hybridized carbons (Fsp3) is 0.455. The molecule has 8 heteroatoms. The lowest BCUT2D eigenvalue weighted by molar-refractivity contribution is 0.0846. The van der Waals surface area contributed by atoms with Gasteiger partial charge in [-0.15, -0.1) is 0 Å². The summed E-state index contributed by atoms with van der Waals surface area (Å²) in [5, 5.41) is 0. The fourth-order valence-electron chi connectivity index (χ4n) is 3.27. The zero-order valence-corrected chi connectivity index (χ0v) is 19.4. The largest absolute Gasteiger partial charge is 0.296 e. The molecule has 0 spiro atoms. The van der Waals surface area contributed by atoms with Gasteiger partial charge in [-0.1, -0.05) is 64.1 Å². The molecule has 0 aromatic heterocycles. The molecule has 0 aliphatic carbocycles. The number of benzene rings is 2. The summed E-state index contributed by atoms with van der Waals surface area (Å²) in [4.78, 5) is 0.188. The molecule has 0 bridgehead atoms. The van der Waals surface area contributed by atoms with E-state index >= 15 is 0 Å². The van der Waals surface area contributed by atoms with Crippen LogP contribution in [0.15, 0.2) is 70.5 Å². The molecule has 0 saturated heterocycles. The average Bonchev–Trinajstić information content (AvgIpc) is 2.71. The Balaban J connectivity index is 2.14. The molecule has 2 aromatic rings. The minimum Gasteiger partial charge on any atom is -0.266 e. The standard InChI is InChI=1S/C22H30O6S2/c1-17(2)21(15-27-29(23,24)19-11-7-5-8-12-19)22(18(3)4)16-28-30(25,26)20-13-9-6-10-14-20/h5-14,17-18,21-22H,15-16H2,1-4H3. The van der Waals surface area contributed by atoms with E-state index in [0.29, 0.717) is 0 Å². The van der Waals surface area contributed by atoms with Crippen molar-refractivity contribution in [1.82, 2.24) is 0 Å². The van der Waals surface area contributed by atoms with Crippen LogP contribution in [0.1, 0.15) is 27.7 Å².